The third-order valence-corrected chi connectivity index (χ3v) is 5.90. The van der Waals surface area contributed by atoms with Crippen LogP contribution in [-0.4, -0.2) is 0 Å². The lowest BCUT2D eigenvalue weighted by atomic mass is 9.95. The van der Waals surface area contributed by atoms with Crippen LogP contribution in [0.2, 0.25) is 0 Å². The summed E-state index contributed by atoms with van der Waals surface area (Å²) in [5.41, 5.74) is 4.56. The normalized spacial score (nSPS) is 11.2. The molecule has 0 radical (unpaired) electrons. The first kappa shape index (κ1) is 17.7. The van der Waals surface area contributed by atoms with Gasteiger partial charge in [0.25, 0.3) is 0 Å². The molecule has 0 amide bonds. The molecule has 6 rings (SSSR count). The molecule has 0 saturated carbocycles. The van der Waals surface area contributed by atoms with Gasteiger partial charge >= 0.3 is 0 Å². The average Bonchev–Trinajstić information content (AvgIpc) is 3.25. The lowest BCUT2D eigenvalue weighted by Gasteiger charge is -2.08. The standard InChI is InChI=1S/C30H20O/c1-3-11-21(12-4-1)24-16-9-10-18-26(24)30-27-20-19-22-13-7-8-17-25(22)28(27)29(31-30)23-14-5-2-6-15-23/h1-20H. The number of rotatable bonds is 3. The number of furan rings is 1. The molecule has 146 valence electrons. The first-order chi connectivity index (χ1) is 15.4. The Labute approximate surface area is 181 Å². The summed E-state index contributed by atoms with van der Waals surface area (Å²) in [6.07, 6.45) is 0. The van der Waals surface area contributed by atoms with Crippen molar-refractivity contribution in [2.75, 3.05) is 0 Å². The van der Waals surface area contributed by atoms with Crippen molar-refractivity contribution < 1.29 is 4.42 Å². The van der Waals surface area contributed by atoms with Crippen molar-refractivity contribution in [3.63, 3.8) is 0 Å². The van der Waals surface area contributed by atoms with Crippen LogP contribution in [0.15, 0.2) is 126 Å². The highest BCUT2D eigenvalue weighted by atomic mass is 16.3. The second-order valence-electron chi connectivity index (χ2n) is 7.75. The minimum atomic E-state index is 0.916. The lowest BCUT2D eigenvalue weighted by Crippen LogP contribution is -1.84. The Balaban J connectivity index is 1.72. The molecule has 6 aromatic rings. The van der Waals surface area contributed by atoms with E-state index in [4.69, 9.17) is 4.42 Å². The highest BCUT2D eigenvalue weighted by Gasteiger charge is 2.20. The fourth-order valence-electron chi connectivity index (χ4n) is 4.46. The molecular weight excluding hydrogens is 376 g/mol. The van der Waals surface area contributed by atoms with Crippen LogP contribution in [0, 0.1) is 0 Å². The molecule has 0 aliphatic heterocycles. The summed E-state index contributed by atoms with van der Waals surface area (Å²) < 4.78 is 6.71. The molecule has 1 nitrogen and oxygen atoms in total. The van der Waals surface area contributed by atoms with Crippen molar-refractivity contribution in [2.24, 2.45) is 0 Å². The van der Waals surface area contributed by atoms with Gasteiger partial charge in [0.1, 0.15) is 11.5 Å². The maximum absolute atomic E-state index is 6.71. The van der Waals surface area contributed by atoms with Gasteiger partial charge in [0.15, 0.2) is 0 Å². The molecule has 31 heavy (non-hydrogen) atoms. The molecule has 0 unspecified atom stereocenters. The van der Waals surface area contributed by atoms with E-state index < -0.39 is 0 Å². The van der Waals surface area contributed by atoms with Crippen molar-refractivity contribution in [2.45, 2.75) is 0 Å². The highest BCUT2D eigenvalue weighted by Crippen LogP contribution is 2.44. The third kappa shape index (κ3) is 2.94. The molecule has 5 aromatic carbocycles. The van der Waals surface area contributed by atoms with Gasteiger partial charge in [-0.05, 0) is 28.0 Å². The first-order valence-corrected chi connectivity index (χ1v) is 10.5. The number of hydrogen-bond donors (Lipinski definition) is 0. The van der Waals surface area contributed by atoms with E-state index in [9.17, 15) is 0 Å². The maximum Gasteiger partial charge on any atom is 0.143 e. The summed E-state index contributed by atoms with van der Waals surface area (Å²) in [7, 11) is 0. The summed E-state index contributed by atoms with van der Waals surface area (Å²) in [6, 6.07) is 42.3. The van der Waals surface area contributed by atoms with Crippen LogP contribution in [0.5, 0.6) is 0 Å². The summed E-state index contributed by atoms with van der Waals surface area (Å²) >= 11 is 0. The van der Waals surface area contributed by atoms with Crippen LogP contribution >= 0.6 is 0 Å². The Bertz CT molecular complexity index is 1510. The van der Waals surface area contributed by atoms with Crippen molar-refractivity contribution in [1.29, 1.82) is 0 Å². The van der Waals surface area contributed by atoms with E-state index in [2.05, 4.69) is 109 Å². The van der Waals surface area contributed by atoms with Crippen LogP contribution in [0.1, 0.15) is 0 Å². The Hall–Kier alpha value is -4.10. The van der Waals surface area contributed by atoms with E-state index in [0.29, 0.717) is 0 Å². The molecule has 1 heteroatoms. The number of fused-ring (bicyclic) bond motifs is 3. The quantitative estimate of drug-likeness (QED) is 0.292. The lowest BCUT2D eigenvalue weighted by molar-refractivity contribution is 0.602. The molecule has 1 aromatic heterocycles. The molecule has 1 heterocycles. The second-order valence-corrected chi connectivity index (χ2v) is 7.75. The Morgan fingerprint density at radius 2 is 1.00 bits per heavy atom. The third-order valence-electron chi connectivity index (χ3n) is 5.90. The summed E-state index contributed by atoms with van der Waals surface area (Å²) in [5, 5.41) is 4.74. The molecule has 0 aliphatic rings. The molecule has 0 saturated heterocycles. The van der Waals surface area contributed by atoms with Gasteiger partial charge in [-0.1, -0.05) is 115 Å². The smallest absolute Gasteiger partial charge is 0.143 e. The van der Waals surface area contributed by atoms with Crippen LogP contribution in [0.25, 0.3) is 55.3 Å². The van der Waals surface area contributed by atoms with Gasteiger partial charge in [0.05, 0.1) is 0 Å². The largest absolute Gasteiger partial charge is 0.455 e. The fraction of sp³-hybridized carbons (Fsp3) is 0. The average molecular weight is 396 g/mol. The predicted molar refractivity (Wildman–Crippen MR) is 130 cm³/mol. The van der Waals surface area contributed by atoms with E-state index in [1.54, 1.807) is 0 Å². The van der Waals surface area contributed by atoms with E-state index in [0.717, 1.165) is 28.0 Å². The molecule has 0 fully saturated rings. The minimum absolute atomic E-state index is 0.916. The van der Waals surface area contributed by atoms with Gasteiger partial charge in [-0.2, -0.15) is 0 Å². The van der Waals surface area contributed by atoms with Gasteiger partial charge in [-0.25, -0.2) is 0 Å². The van der Waals surface area contributed by atoms with Crippen molar-refractivity contribution >= 4 is 21.5 Å². The zero-order valence-corrected chi connectivity index (χ0v) is 17.0. The Morgan fingerprint density at radius 3 is 1.77 bits per heavy atom. The number of benzene rings is 5. The Morgan fingerprint density at radius 1 is 0.387 bits per heavy atom. The topological polar surface area (TPSA) is 13.1 Å². The van der Waals surface area contributed by atoms with Crippen LogP contribution in [0.3, 0.4) is 0 Å². The van der Waals surface area contributed by atoms with Crippen LogP contribution in [-0.2, 0) is 0 Å². The first-order valence-electron chi connectivity index (χ1n) is 10.5. The van der Waals surface area contributed by atoms with Gasteiger partial charge < -0.3 is 4.42 Å². The fourth-order valence-corrected chi connectivity index (χ4v) is 4.46. The van der Waals surface area contributed by atoms with E-state index in [1.165, 1.54) is 27.3 Å². The van der Waals surface area contributed by atoms with Crippen molar-refractivity contribution in [3.8, 4) is 33.8 Å². The van der Waals surface area contributed by atoms with Gasteiger partial charge in [0, 0.05) is 21.9 Å². The van der Waals surface area contributed by atoms with Crippen molar-refractivity contribution in [3.05, 3.63) is 121 Å². The SMILES string of the molecule is c1ccc(-c2ccccc2-c2oc(-c3ccccc3)c3c2ccc2ccccc23)cc1. The molecule has 0 N–H and O–H groups in total. The Kier molecular flexibility index (Phi) is 4.18. The summed E-state index contributed by atoms with van der Waals surface area (Å²) in [5.74, 6) is 1.84. The number of hydrogen-bond acceptors (Lipinski definition) is 1. The van der Waals surface area contributed by atoms with E-state index in [1.807, 2.05) is 12.1 Å². The van der Waals surface area contributed by atoms with Gasteiger partial charge in [-0.3, -0.25) is 0 Å². The maximum atomic E-state index is 6.71. The van der Waals surface area contributed by atoms with Gasteiger partial charge in [0.2, 0.25) is 0 Å². The minimum Gasteiger partial charge on any atom is -0.455 e. The summed E-state index contributed by atoms with van der Waals surface area (Å²) in [6.45, 7) is 0. The zero-order valence-electron chi connectivity index (χ0n) is 17.0. The van der Waals surface area contributed by atoms with Crippen molar-refractivity contribution in [1.82, 2.24) is 0 Å². The molecule has 0 aliphatic carbocycles. The monoisotopic (exact) mass is 396 g/mol. The van der Waals surface area contributed by atoms with Gasteiger partial charge in [-0.15, -0.1) is 0 Å². The highest BCUT2D eigenvalue weighted by molar-refractivity contribution is 6.17. The van der Waals surface area contributed by atoms with E-state index >= 15 is 0 Å². The molecule has 0 spiro atoms. The van der Waals surface area contributed by atoms with Crippen LogP contribution in [0.4, 0.5) is 0 Å². The second kappa shape index (κ2) is 7.30. The molecule has 0 bridgehead atoms. The predicted octanol–water partition coefficient (Wildman–Crippen LogP) is 8.59. The summed E-state index contributed by atoms with van der Waals surface area (Å²) in [4.78, 5) is 0. The van der Waals surface area contributed by atoms with Crippen LogP contribution < -0.4 is 0 Å². The zero-order chi connectivity index (χ0) is 20.6. The molecule has 0 atom stereocenters. The van der Waals surface area contributed by atoms with E-state index in [-0.39, 0.29) is 0 Å². The molecular formula is C30H20O.